The maximum atomic E-state index is 11.7. The van der Waals surface area contributed by atoms with Gasteiger partial charge in [0.05, 0.1) is 13.2 Å². The molecule has 1 fully saturated rings. The van der Waals surface area contributed by atoms with E-state index >= 15 is 0 Å². The Labute approximate surface area is 103 Å². The van der Waals surface area contributed by atoms with Crippen LogP contribution in [0.25, 0.3) is 0 Å². The van der Waals surface area contributed by atoms with E-state index in [0.717, 1.165) is 26.1 Å². The molecule has 0 spiro atoms. The molecule has 1 heterocycles. The zero-order valence-corrected chi connectivity index (χ0v) is 10.7. The molecule has 1 atom stereocenters. The Morgan fingerprint density at radius 3 is 2.59 bits per heavy atom. The summed E-state index contributed by atoms with van der Waals surface area (Å²) in [6.07, 6.45) is 1.78. The topological polar surface area (TPSA) is 70.6 Å². The van der Waals surface area contributed by atoms with Gasteiger partial charge in [-0.05, 0) is 18.8 Å². The Kier molecular flexibility index (Phi) is 6.47. The number of amides is 1. The first-order valence-corrected chi connectivity index (χ1v) is 6.34. The lowest BCUT2D eigenvalue weighted by Gasteiger charge is -2.24. The molecule has 0 aromatic rings. The highest BCUT2D eigenvalue weighted by molar-refractivity contribution is 5.78. The first-order valence-electron chi connectivity index (χ1n) is 6.34. The highest BCUT2D eigenvalue weighted by Crippen LogP contribution is 2.05. The standard InChI is InChI=1S/C12H24N2O3/c1-9(2)11(8-15)13-7-12(16)14-10-3-5-17-6-4-10/h9-11,13,15H,3-8H2,1-2H3,(H,14,16). The number of nitrogens with one attached hydrogen (secondary N) is 2. The normalized spacial score (nSPS) is 19.3. The lowest BCUT2D eigenvalue weighted by atomic mass is 10.1. The van der Waals surface area contributed by atoms with Crippen LogP contribution in [0.15, 0.2) is 0 Å². The molecule has 0 aromatic carbocycles. The van der Waals surface area contributed by atoms with Gasteiger partial charge in [0.1, 0.15) is 0 Å². The molecule has 1 saturated heterocycles. The Morgan fingerprint density at radius 1 is 1.41 bits per heavy atom. The average molecular weight is 244 g/mol. The van der Waals surface area contributed by atoms with Crippen LogP contribution in [-0.4, -0.2) is 49.5 Å². The number of hydrogen-bond acceptors (Lipinski definition) is 4. The second-order valence-corrected chi connectivity index (χ2v) is 4.87. The van der Waals surface area contributed by atoms with E-state index in [0.29, 0.717) is 5.92 Å². The fourth-order valence-electron chi connectivity index (χ4n) is 1.86. The van der Waals surface area contributed by atoms with Gasteiger partial charge in [0.15, 0.2) is 0 Å². The highest BCUT2D eigenvalue weighted by Gasteiger charge is 2.17. The van der Waals surface area contributed by atoms with Gasteiger partial charge in [-0.3, -0.25) is 4.79 Å². The van der Waals surface area contributed by atoms with Crippen LogP contribution in [0.3, 0.4) is 0 Å². The fourth-order valence-corrected chi connectivity index (χ4v) is 1.86. The lowest BCUT2D eigenvalue weighted by Crippen LogP contribution is -2.47. The zero-order valence-electron chi connectivity index (χ0n) is 10.7. The molecule has 5 nitrogen and oxygen atoms in total. The molecule has 0 saturated carbocycles. The van der Waals surface area contributed by atoms with Crippen molar-refractivity contribution in [2.24, 2.45) is 5.92 Å². The summed E-state index contributed by atoms with van der Waals surface area (Å²) in [5.41, 5.74) is 0. The number of rotatable bonds is 6. The summed E-state index contributed by atoms with van der Waals surface area (Å²) in [4.78, 5) is 11.7. The van der Waals surface area contributed by atoms with Crippen LogP contribution < -0.4 is 10.6 Å². The second-order valence-electron chi connectivity index (χ2n) is 4.87. The molecule has 1 amide bonds. The molecule has 3 N–H and O–H groups in total. The molecule has 1 aliphatic rings. The fraction of sp³-hybridized carbons (Fsp3) is 0.917. The molecule has 0 aliphatic carbocycles. The van der Waals surface area contributed by atoms with Crippen molar-refractivity contribution in [3.05, 3.63) is 0 Å². The van der Waals surface area contributed by atoms with E-state index in [2.05, 4.69) is 10.6 Å². The van der Waals surface area contributed by atoms with Crippen LogP contribution in [0, 0.1) is 5.92 Å². The Hall–Kier alpha value is -0.650. The minimum absolute atomic E-state index is 0.00370. The van der Waals surface area contributed by atoms with Crippen LogP contribution in [0.5, 0.6) is 0 Å². The summed E-state index contributed by atoms with van der Waals surface area (Å²) in [5, 5.41) is 15.2. The molecule has 0 bridgehead atoms. The lowest BCUT2D eigenvalue weighted by molar-refractivity contribution is -0.121. The Balaban J connectivity index is 2.19. The van der Waals surface area contributed by atoms with E-state index in [-0.39, 0.29) is 31.1 Å². The van der Waals surface area contributed by atoms with Gasteiger partial charge < -0.3 is 20.5 Å². The molecule has 1 aliphatic heterocycles. The average Bonchev–Trinajstić information content (AvgIpc) is 2.30. The number of aliphatic hydroxyl groups excluding tert-OH is 1. The third kappa shape index (κ3) is 5.48. The molecular formula is C12H24N2O3. The van der Waals surface area contributed by atoms with E-state index in [4.69, 9.17) is 9.84 Å². The van der Waals surface area contributed by atoms with Crippen LogP contribution in [0.2, 0.25) is 0 Å². The largest absolute Gasteiger partial charge is 0.395 e. The van der Waals surface area contributed by atoms with Gasteiger partial charge in [0, 0.05) is 25.3 Å². The number of ether oxygens (including phenoxy) is 1. The molecule has 17 heavy (non-hydrogen) atoms. The van der Waals surface area contributed by atoms with Gasteiger partial charge in [-0.15, -0.1) is 0 Å². The smallest absolute Gasteiger partial charge is 0.234 e. The second kappa shape index (κ2) is 7.63. The van der Waals surface area contributed by atoms with Crippen molar-refractivity contribution in [1.29, 1.82) is 0 Å². The van der Waals surface area contributed by atoms with Crippen LogP contribution in [-0.2, 0) is 9.53 Å². The molecule has 0 aromatic heterocycles. The van der Waals surface area contributed by atoms with Gasteiger partial charge >= 0.3 is 0 Å². The predicted octanol–water partition coefficient (Wildman–Crippen LogP) is -0.112. The van der Waals surface area contributed by atoms with E-state index in [1.165, 1.54) is 0 Å². The maximum absolute atomic E-state index is 11.7. The third-order valence-corrected chi connectivity index (χ3v) is 3.11. The van der Waals surface area contributed by atoms with E-state index in [1.807, 2.05) is 13.8 Å². The van der Waals surface area contributed by atoms with Crippen LogP contribution >= 0.6 is 0 Å². The van der Waals surface area contributed by atoms with Crippen molar-refractivity contribution in [3.8, 4) is 0 Å². The zero-order chi connectivity index (χ0) is 12.7. The van der Waals surface area contributed by atoms with Crippen molar-refractivity contribution in [2.45, 2.75) is 38.8 Å². The van der Waals surface area contributed by atoms with Crippen molar-refractivity contribution < 1.29 is 14.6 Å². The Morgan fingerprint density at radius 2 is 2.06 bits per heavy atom. The van der Waals surface area contributed by atoms with E-state index in [9.17, 15) is 4.79 Å². The molecular weight excluding hydrogens is 220 g/mol. The van der Waals surface area contributed by atoms with Crippen molar-refractivity contribution in [3.63, 3.8) is 0 Å². The number of hydrogen-bond donors (Lipinski definition) is 3. The van der Waals surface area contributed by atoms with Gasteiger partial charge in [-0.25, -0.2) is 0 Å². The first-order chi connectivity index (χ1) is 8.13. The quantitative estimate of drug-likeness (QED) is 0.609. The van der Waals surface area contributed by atoms with E-state index in [1.54, 1.807) is 0 Å². The summed E-state index contributed by atoms with van der Waals surface area (Å²) in [6.45, 7) is 5.81. The summed E-state index contributed by atoms with van der Waals surface area (Å²) in [5.74, 6) is 0.312. The van der Waals surface area contributed by atoms with Gasteiger partial charge in [0.25, 0.3) is 0 Å². The van der Waals surface area contributed by atoms with Crippen LogP contribution in [0.4, 0.5) is 0 Å². The van der Waals surface area contributed by atoms with Gasteiger partial charge in [-0.1, -0.05) is 13.8 Å². The number of aliphatic hydroxyl groups is 1. The number of carbonyl (C=O) groups is 1. The highest BCUT2D eigenvalue weighted by atomic mass is 16.5. The molecule has 100 valence electrons. The van der Waals surface area contributed by atoms with Crippen molar-refractivity contribution >= 4 is 5.91 Å². The molecule has 1 unspecified atom stereocenters. The predicted molar refractivity (Wildman–Crippen MR) is 65.7 cm³/mol. The SMILES string of the molecule is CC(C)C(CO)NCC(=O)NC1CCOCC1. The monoisotopic (exact) mass is 244 g/mol. The molecule has 5 heteroatoms. The van der Waals surface area contributed by atoms with E-state index < -0.39 is 0 Å². The summed E-state index contributed by atoms with van der Waals surface area (Å²) >= 11 is 0. The summed E-state index contributed by atoms with van der Waals surface area (Å²) in [6, 6.07) is 0.222. The summed E-state index contributed by atoms with van der Waals surface area (Å²) < 4.78 is 5.23. The van der Waals surface area contributed by atoms with Gasteiger partial charge in [0.2, 0.25) is 5.91 Å². The van der Waals surface area contributed by atoms with Crippen LogP contribution in [0.1, 0.15) is 26.7 Å². The first kappa shape index (κ1) is 14.4. The Bertz CT molecular complexity index is 228. The maximum Gasteiger partial charge on any atom is 0.234 e. The van der Waals surface area contributed by atoms with Crippen molar-refractivity contribution in [1.82, 2.24) is 10.6 Å². The summed E-state index contributed by atoms with van der Waals surface area (Å²) in [7, 11) is 0. The molecule has 0 radical (unpaired) electrons. The van der Waals surface area contributed by atoms with Gasteiger partial charge in [-0.2, -0.15) is 0 Å². The molecule has 1 rings (SSSR count). The minimum Gasteiger partial charge on any atom is -0.395 e. The minimum atomic E-state index is -0.0181. The van der Waals surface area contributed by atoms with Crippen molar-refractivity contribution in [2.75, 3.05) is 26.4 Å². The number of carbonyl (C=O) groups excluding carboxylic acids is 1. The third-order valence-electron chi connectivity index (χ3n) is 3.11.